The number of carbonyl (C=O) groups excluding carboxylic acids is 2. The van der Waals surface area contributed by atoms with Crippen molar-refractivity contribution >= 4 is 39.3 Å². The van der Waals surface area contributed by atoms with Gasteiger partial charge in [-0.1, -0.05) is 15.9 Å². The second-order valence-corrected chi connectivity index (χ2v) is 10.7. The lowest BCUT2D eigenvalue weighted by molar-refractivity contribution is 0.00191. The predicted octanol–water partition coefficient (Wildman–Crippen LogP) is 4.84. The Kier molecular flexibility index (Phi) is 6.58. The molecule has 0 saturated carbocycles. The molecular formula is C23H26BrN5O3S. The Morgan fingerprint density at radius 2 is 1.91 bits per heavy atom. The van der Waals surface area contributed by atoms with Gasteiger partial charge in [0.2, 0.25) is 0 Å². The second kappa shape index (κ2) is 9.26. The summed E-state index contributed by atoms with van der Waals surface area (Å²) in [5.74, 6) is -0.131. The van der Waals surface area contributed by atoms with E-state index < -0.39 is 5.60 Å². The molecule has 174 valence electrons. The van der Waals surface area contributed by atoms with Gasteiger partial charge >= 0.3 is 6.09 Å². The number of thiazole rings is 1. The van der Waals surface area contributed by atoms with Gasteiger partial charge in [-0.05, 0) is 52.0 Å². The lowest BCUT2D eigenvalue weighted by Gasteiger charge is -2.40. The van der Waals surface area contributed by atoms with Crippen LogP contribution >= 0.6 is 27.3 Å². The fraction of sp³-hybridized carbons (Fsp3) is 0.391. The molecule has 8 nitrogen and oxygen atoms in total. The maximum absolute atomic E-state index is 13.1. The van der Waals surface area contributed by atoms with Crippen LogP contribution in [0, 0.1) is 0 Å². The number of amides is 2. The summed E-state index contributed by atoms with van der Waals surface area (Å²) in [7, 11) is 0. The number of nitrogens with zero attached hydrogens (tertiary/aromatic N) is 5. The average molecular weight is 532 g/mol. The Balaban J connectivity index is 1.42. The number of hydrogen-bond acceptors (Lipinski definition) is 6. The van der Waals surface area contributed by atoms with Gasteiger partial charge in [0.25, 0.3) is 5.91 Å². The van der Waals surface area contributed by atoms with Gasteiger partial charge < -0.3 is 14.5 Å². The highest BCUT2D eigenvalue weighted by Crippen LogP contribution is 2.26. The van der Waals surface area contributed by atoms with Crippen molar-refractivity contribution in [3.63, 3.8) is 0 Å². The van der Waals surface area contributed by atoms with E-state index in [9.17, 15) is 9.59 Å². The number of hydrogen-bond donors (Lipinski definition) is 0. The SMILES string of the molecule is C[C@H]1CN(C(=O)c2csc(-c3cnn(-c4ccc(Br)cc4)c3)n2)CCN1C(=O)OC(C)(C)C. The van der Waals surface area contributed by atoms with E-state index in [-0.39, 0.29) is 18.0 Å². The molecule has 0 aliphatic carbocycles. The van der Waals surface area contributed by atoms with Crippen LogP contribution in [0.2, 0.25) is 0 Å². The van der Waals surface area contributed by atoms with Crippen LogP contribution < -0.4 is 0 Å². The summed E-state index contributed by atoms with van der Waals surface area (Å²) in [5, 5.41) is 6.94. The molecule has 1 aliphatic heterocycles. The molecule has 0 bridgehead atoms. The summed E-state index contributed by atoms with van der Waals surface area (Å²) in [5.41, 5.74) is 1.65. The van der Waals surface area contributed by atoms with Crippen molar-refractivity contribution in [2.45, 2.75) is 39.3 Å². The summed E-state index contributed by atoms with van der Waals surface area (Å²) < 4.78 is 8.27. The summed E-state index contributed by atoms with van der Waals surface area (Å²) in [6.45, 7) is 8.77. The van der Waals surface area contributed by atoms with Crippen LogP contribution in [0.1, 0.15) is 38.2 Å². The highest BCUT2D eigenvalue weighted by atomic mass is 79.9. The first-order valence-corrected chi connectivity index (χ1v) is 12.3. The number of aromatic nitrogens is 3. The van der Waals surface area contributed by atoms with E-state index >= 15 is 0 Å². The summed E-state index contributed by atoms with van der Waals surface area (Å²) >= 11 is 4.85. The van der Waals surface area contributed by atoms with Gasteiger partial charge in [0.15, 0.2) is 0 Å². The van der Waals surface area contributed by atoms with E-state index in [0.717, 1.165) is 20.7 Å². The molecule has 3 heterocycles. The Hall–Kier alpha value is -2.72. The predicted molar refractivity (Wildman–Crippen MR) is 131 cm³/mol. The summed E-state index contributed by atoms with van der Waals surface area (Å²) in [6, 6.07) is 7.71. The molecule has 2 aromatic heterocycles. The Labute approximate surface area is 205 Å². The number of halogens is 1. The van der Waals surface area contributed by atoms with E-state index in [4.69, 9.17) is 4.74 Å². The molecule has 1 aromatic carbocycles. The smallest absolute Gasteiger partial charge is 0.410 e. The van der Waals surface area contributed by atoms with E-state index in [2.05, 4.69) is 26.0 Å². The van der Waals surface area contributed by atoms with Crippen LogP contribution in [-0.4, -0.2) is 67.8 Å². The van der Waals surface area contributed by atoms with E-state index in [0.29, 0.717) is 25.3 Å². The van der Waals surface area contributed by atoms with Gasteiger partial charge in [-0.15, -0.1) is 11.3 Å². The van der Waals surface area contributed by atoms with Gasteiger partial charge in [-0.25, -0.2) is 14.5 Å². The quantitative estimate of drug-likeness (QED) is 0.483. The molecule has 0 N–H and O–H groups in total. The number of carbonyl (C=O) groups is 2. The molecule has 2 amide bonds. The molecule has 1 aliphatic rings. The molecule has 0 radical (unpaired) electrons. The third-order valence-corrected chi connectivity index (χ3v) is 6.61. The third kappa shape index (κ3) is 5.44. The maximum atomic E-state index is 13.1. The van der Waals surface area contributed by atoms with Crippen LogP contribution in [-0.2, 0) is 4.74 Å². The highest BCUT2D eigenvalue weighted by molar-refractivity contribution is 9.10. The van der Waals surface area contributed by atoms with Crippen LogP contribution in [0.4, 0.5) is 4.79 Å². The lowest BCUT2D eigenvalue weighted by atomic mass is 10.2. The van der Waals surface area contributed by atoms with Gasteiger partial charge in [0.05, 0.1) is 11.9 Å². The Bertz CT molecular complexity index is 1150. The van der Waals surface area contributed by atoms with Crippen LogP contribution in [0.3, 0.4) is 0 Å². The van der Waals surface area contributed by atoms with Crippen molar-refractivity contribution in [2.24, 2.45) is 0 Å². The first kappa shape index (κ1) is 23.4. The van der Waals surface area contributed by atoms with E-state index in [1.54, 1.807) is 26.1 Å². The van der Waals surface area contributed by atoms with Crippen LogP contribution in [0.15, 0.2) is 46.5 Å². The van der Waals surface area contributed by atoms with Gasteiger partial charge in [-0.3, -0.25) is 4.79 Å². The van der Waals surface area contributed by atoms with Crippen molar-refractivity contribution < 1.29 is 14.3 Å². The molecule has 1 fully saturated rings. The second-order valence-electron chi connectivity index (χ2n) is 8.96. The molecule has 0 spiro atoms. The zero-order chi connectivity index (χ0) is 23.8. The average Bonchev–Trinajstić information content (AvgIpc) is 3.42. The normalized spacial score (nSPS) is 16.7. The topological polar surface area (TPSA) is 80.6 Å². The van der Waals surface area contributed by atoms with Crippen LogP contribution in [0.25, 0.3) is 16.3 Å². The zero-order valence-electron chi connectivity index (χ0n) is 19.0. The number of piperazine rings is 1. The first-order chi connectivity index (χ1) is 15.6. The molecule has 3 aromatic rings. The zero-order valence-corrected chi connectivity index (χ0v) is 21.4. The van der Waals surface area contributed by atoms with Gasteiger partial charge in [-0.2, -0.15) is 5.10 Å². The number of benzene rings is 1. The minimum absolute atomic E-state index is 0.131. The van der Waals surface area contributed by atoms with E-state index in [1.807, 2.05) is 58.2 Å². The number of ether oxygens (including phenoxy) is 1. The van der Waals surface area contributed by atoms with Crippen molar-refractivity contribution in [1.29, 1.82) is 0 Å². The van der Waals surface area contributed by atoms with E-state index in [1.165, 1.54) is 11.3 Å². The molecule has 10 heteroatoms. The van der Waals surface area contributed by atoms with Crippen molar-refractivity contribution in [3.8, 4) is 16.3 Å². The Morgan fingerprint density at radius 1 is 1.18 bits per heavy atom. The standard InChI is InChI=1S/C23H26BrN5O3S/c1-15-12-27(9-10-28(15)22(31)32-23(2,3)4)21(30)19-14-33-20(26-19)16-11-25-29(13-16)18-7-5-17(24)6-8-18/h5-8,11,13-15H,9-10,12H2,1-4H3/t15-/m0/s1. The fourth-order valence-corrected chi connectivity index (χ4v) is 4.60. The molecular weight excluding hydrogens is 506 g/mol. The van der Waals surface area contributed by atoms with Crippen LogP contribution in [0.5, 0.6) is 0 Å². The minimum atomic E-state index is -0.550. The number of rotatable bonds is 3. The lowest BCUT2D eigenvalue weighted by Crippen LogP contribution is -2.56. The summed E-state index contributed by atoms with van der Waals surface area (Å²) in [4.78, 5) is 33.5. The monoisotopic (exact) mass is 531 g/mol. The van der Waals surface area contributed by atoms with Gasteiger partial charge in [0.1, 0.15) is 16.3 Å². The van der Waals surface area contributed by atoms with Crippen molar-refractivity contribution in [1.82, 2.24) is 24.6 Å². The molecule has 1 saturated heterocycles. The van der Waals surface area contributed by atoms with Crippen molar-refractivity contribution in [3.05, 3.63) is 52.2 Å². The van der Waals surface area contributed by atoms with Gasteiger partial charge in [0, 0.05) is 47.3 Å². The first-order valence-electron chi connectivity index (χ1n) is 10.7. The highest BCUT2D eigenvalue weighted by Gasteiger charge is 2.33. The largest absolute Gasteiger partial charge is 0.444 e. The van der Waals surface area contributed by atoms with Crippen molar-refractivity contribution in [2.75, 3.05) is 19.6 Å². The third-order valence-electron chi connectivity index (χ3n) is 5.19. The molecule has 4 rings (SSSR count). The summed E-state index contributed by atoms with van der Waals surface area (Å²) in [6.07, 6.45) is 3.30. The maximum Gasteiger partial charge on any atom is 0.410 e. The minimum Gasteiger partial charge on any atom is -0.444 e. The molecule has 0 unspecified atom stereocenters. The molecule has 1 atom stereocenters. The fourth-order valence-electron chi connectivity index (χ4n) is 3.57. The Morgan fingerprint density at radius 3 is 2.58 bits per heavy atom. The molecule has 33 heavy (non-hydrogen) atoms.